The Kier molecular flexibility index (Phi) is 4.15. The van der Waals surface area contributed by atoms with Crippen LogP contribution in [0.1, 0.15) is 23.1 Å². The van der Waals surface area contributed by atoms with Gasteiger partial charge < -0.3 is 14.6 Å². The molecule has 0 spiro atoms. The Morgan fingerprint density at radius 2 is 1.82 bits per heavy atom. The third-order valence-corrected chi connectivity index (χ3v) is 4.94. The second-order valence-corrected chi connectivity index (χ2v) is 6.56. The van der Waals surface area contributed by atoms with Crippen LogP contribution in [0.5, 0.6) is 11.5 Å². The van der Waals surface area contributed by atoms with E-state index in [0.29, 0.717) is 6.42 Å². The first-order valence-corrected chi connectivity index (χ1v) is 8.07. The molecule has 0 fully saturated rings. The van der Waals surface area contributed by atoms with Crippen LogP contribution in [-0.4, -0.2) is 19.3 Å². The third-order valence-electron chi connectivity index (χ3n) is 4.28. The highest BCUT2D eigenvalue weighted by molar-refractivity contribution is 9.10. The summed E-state index contributed by atoms with van der Waals surface area (Å²) in [5.74, 6) is 1.48. The van der Waals surface area contributed by atoms with E-state index in [9.17, 15) is 5.11 Å². The Hall–Kier alpha value is -1.52. The molecule has 0 bridgehead atoms. The van der Waals surface area contributed by atoms with E-state index in [1.54, 1.807) is 14.2 Å². The Morgan fingerprint density at radius 3 is 2.45 bits per heavy atom. The molecule has 0 saturated carbocycles. The lowest BCUT2D eigenvalue weighted by atomic mass is 9.88. The van der Waals surface area contributed by atoms with Gasteiger partial charge in [0.25, 0.3) is 0 Å². The molecule has 3 rings (SSSR count). The highest BCUT2D eigenvalue weighted by Gasteiger charge is 2.38. The van der Waals surface area contributed by atoms with Gasteiger partial charge in [-0.1, -0.05) is 28.1 Å². The van der Waals surface area contributed by atoms with Crippen molar-refractivity contribution in [2.24, 2.45) is 0 Å². The molecule has 22 heavy (non-hydrogen) atoms. The first kappa shape index (κ1) is 15.4. The molecule has 1 N–H and O–H groups in total. The van der Waals surface area contributed by atoms with Gasteiger partial charge in [-0.3, -0.25) is 0 Å². The van der Waals surface area contributed by atoms with Crippen LogP contribution in [0.15, 0.2) is 40.9 Å². The van der Waals surface area contributed by atoms with Crippen LogP contribution >= 0.6 is 15.9 Å². The summed E-state index contributed by atoms with van der Waals surface area (Å²) in [5, 5.41) is 11.2. The van der Waals surface area contributed by atoms with E-state index in [1.165, 1.54) is 5.56 Å². The number of aliphatic hydroxyl groups is 1. The molecule has 1 aliphatic carbocycles. The first-order chi connectivity index (χ1) is 10.6. The zero-order valence-corrected chi connectivity index (χ0v) is 14.3. The second-order valence-electron chi connectivity index (χ2n) is 5.70. The number of fused-ring (bicyclic) bond motifs is 1. The Bertz CT molecular complexity index is 676. The molecule has 116 valence electrons. The molecule has 0 heterocycles. The van der Waals surface area contributed by atoms with Gasteiger partial charge in [-0.2, -0.15) is 0 Å². The van der Waals surface area contributed by atoms with Crippen molar-refractivity contribution in [3.8, 4) is 11.5 Å². The molecule has 2 aromatic carbocycles. The van der Waals surface area contributed by atoms with Gasteiger partial charge in [0.1, 0.15) is 11.5 Å². The third kappa shape index (κ3) is 2.73. The Labute approximate surface area is 139 Å². The lowest BCUT2D eigenvalue weighted by molar-refractivity contribution is 0.0382. The van der Waals surface area contributed by atoms with Crippen molar-refractivity contribution in [3.05, 3.63) is 57.6 Å². The highest BCUT2D eigenvalue weighted by atomic mass is 79.9. The van der Waals surface area contributed by atoms with E-state index in [2.05, 4.69) is 22.0 Å². The predicted octanol–water partition coefficient (Wildman–Crippen LogP) is 3.84. The minimum atomic E-state index is -0.854. The van der Waals surface area contributed by atoms with Crippen LogP contribution in [0.2, 0.25) is 0 Å². The van der Waals surface area contributed by atoms with Crippen LogP contribution in [0.4, 0.5) is 0 Å². The molecule has 0 radical (unpaired) electrons. The standard InChI is InChI=1S/C18H19BrO3/c1-21-14-8-12(9-15(10-14)22-2)11-18(20)7-6-13-4-3-5-16(19)17(13)18/h3-5,8-10,20H,6-7,11H2,1-2H3/t18-/m0/s1. The van der Waals surface area contributed by atoms with E-state index in [-0.39, 0.29) is 0 Å². The molecule has 4 heteroatoms. The Balaban J connectivity index is 1.98. The summed E-state index contributed by atoms with van der Waals surface area (Å²) in [7, 11) is 3.27. The number of hydrogen-bond acceptors (Lipinski definition) is 3. The molecule has 0 aliphatic heterocycles. The number of methoxy groups -OCH3 is 2. The average Bonchev–Trinajstić information content (AvgIpc) is 2.85. The van der Waals surface area contributed by atoms with Crippen molar-refractivity contribution < 1.29 is 14.6 Å². The largest absolute Gasteiger partial charge is 0.497 e. The van der Waals surface area contributed by atoms with Gasteiger partial charge in [-0.25, -0.2) is 0 Å². The van der Waals surface area contributed by atoms with E-state index in [4.69, 9.17) is 9.47 Å². The van der Waals surface area contributed by atoms with Crippen LogP contribution in [0, 0.1) is 0 Å². The molecule has 0 aromatic heterocycles. The van der Waals surface area contributed by atoms with Gasteiger partial charge in [0.2, 0.25) is 0 Å². The monoisotopic (exact) mass is 362 g/mol. The molecule has 3 nitrogen and oxygen atoms in total. The number of benzene rings is 2. The normalized spacial score (nSPS) is 19.8. The molecule has 0 unspecified atom stereocenters. The number of hydrogen-bond donors (Lipinski definition) is 1. The number of ether oxygens (including phenoxy) is 2. The van der Waals surface area contributed by atoms with Gasteiger partial charge in [0.05, 0.1) is 19.8 Å². The summed E-state index contributed by atoms with van der Waals surface area (Å²) in [5.41, 5.74) is 2.37. The smallest absolute Gasteiger partial charge is 0.122 e. The zero-order chi connectivity index (χ0) is 15.7. The fourth-order valence-corrected chi connectivity index (χ4v) is 4.02. The van der Waals surface area contributed by atoms with Crippen molar-refractivity contribution in [1.82, 2.24) is 0 Å². The summed E-state index contributed by atoms with van der Waals surface area (Å²) in [6.07, 6.45) is 2.16. The predicted molar refractivity (Wildman–Crippen MR) is 89.6 cm³/mol. The summed E-state index contributed by atoms with van der Waals surface area (Å²) in [4.78, 5) is 0. The van der Waals surface area contributed by atoms with Crippen molar-refractivity contribution in [2.75, 3.05) is 14.2 Å². The minimum absolute atomic E-state index is 0.538. The Morgan fingerprint density at radius 1 is 1.14 bits per heavy atom. The van der Waals surface area contributed by atoms with Crippen LogP contribution < -0.4 is 9.47 Å². The van der Waals surface area contributed by atoms with E-state index in [0.717, 1.165) is 39.9 Å². The van der Waals surface area contributed by atoms with Crippen LogP contribution in [-0.2, 0) is 18.4 Å². The fraction of sp³-hybridized carbons (Fsp3) is 0.333. The zero-order valence-electron chi connectivity index (χ0n) is 12.7. The van der Waals surface area contributed by atoms with Gasteiger partial charge in [-0.05, 0) is 42.2 Å². The molecular formula is C18H19BrO3. The maximum absolute atomic E-state index is 11.2. The maximum atomic E-state index is 11.2. The minimum Gasteiger partial charge on any atom is -0.497 e. The number of rotatable bonds is 4. The summed E-state index contributed by atoms with van der Waals surface area (Å²) < 4.78 is 11.6. The van der Waals surface area contributed by atoms with Crippen LogP contribution in [0.25, 0.3) is 0 Å². The first-order valence-electron chi connectivity index (χ1n) is 7.28. The summed E-state index contributed by atoms with van der Waals surface area (Å²) in [6.45, 7) is 0. The second kappa shape index (κ2) is 5.94. The van der Waals surface area contributed by atoms with Crippen LogP contribution in [0.3, 0.4) is 0 Å². The molecular weight excluding hydrogens is 344 g/mol. The van der Waals surface area contributed by atoms with E-state index >= 15 is 0 Å². The van der Waals surface area contributed by atoms with Crippen molar-refractivity contribution in [3.63, 3.8) is 0 Å². The summed E-state index contributed by atoms with van der Waals surface area (Å²) >= 11 is 3.58. The molecule has 0 amide bonds. The quantitative estimate of drug-likeness (QED) is 0.897. The lowest BCUT2D eigenvalue weighted by Crippen LogP contribution is -2.25. The average molecular weight is 363 g/mol. The van der Waals surface area contributed by atoms with Gasteiger partial charge in [0.15, 0.2) is 0 Å². The molecule has 1 atom stereocenters. The fourth-order valence-electron chi connectivity index (χ4n) is 3.25. The van der Waals surface area contributed by atoms with Crippen molar-refractivity contribution >= 4 is 15.9 Å². The van der Waals surface area contributed by atoms with Crippen molar-refractivity contribution in [2.45, 2.75) is 24.9 Å². The highest BCUT2D eigenvalue weighted by Crippen LogP contribution is 2.43. The SMILES string of the molecule is COc1cc(C[C@@]2(O)CCc3cccc(Br)c32)cc(OC)c1. The van der Waals surface area contributed by atoms with Gasteiger partial charge in [-0.15, -0.1) is 0 Å². The van der Waals surface area contributed by atoms with Gasteiger partial charge in [0, 0.05) is 22.5 Å². The van der Waals surface area contributed by atoms with Gasteiger partial charge >= 0.3 is 0 Å². The number of halogens is 1. The van der Waals surface area contributed by atoms with E-state index in [1.807, 2.05) is 30.3 Å². The number of aryl methyl sites for hydroxylation is 1. The van der Waals surface area contributed by atoms with Crippen molar-refractivity contribution in [1.29, 1.82) is 0 Å². The molecule has 1 aliphatic rings. The topological polar surface area (TPSA) is 38.7 Å². The van der Waals surface area contributed by atoms with E-state index < -0.39 is 5.60 Å². The molecule has 0 saturated heterocycles. The maximum Gasteiger partial charge on any atom is 0.122 e. The molecule has 2 aromatic rings. The summed E-state index contributed by atoms with van der Waals surface area (Å²) in [6, 6.07) is 11.8. The lowest BCUT2D eigenvalue weighted by Gasteiger charge is -2.25.